The first-order valence-electron chi connectivity index (χ1n) is 10.5. The van der Waals surface area contributed by atoms with E-state index >= 15 is 0 Å². The normalized spacial score (nSPS) is 15.3. The summed E-state index contributed by atoms with van der Waals surface area (Å²) in [7, 11) is 1.71. The standard InChI is InChI=1S/C24H32N2OS/c1-27-23-16-10-13-21(17-23)19-26(18-20-11-6-5-7-12-20)24(28)25-22-14-8-3-2-4-9-15-22/h5-7,10-13,16-17,22H,2-4,8-9,14-15,18-19H2,1H3,(H,25,28). The molecule has 0 saturated heterocycles. The molecule has 150 valence electrons. The van der Waals surface area contributed by atoms with Gasteiger partial charge in [0.05, 0.1) is 7.11 Å². The Morgan fingerprint density at radius 1 is 0.929 bits per heavy atom. The number of hydrogen-bond donors (Lipinski definition) is 1. The van der Waals surface area contributed by atoms with E-state index in [4.69, 9.17) is 17.0 Å². The van der Waals surface area contributed by atoms with E-state index in [1.54, 1.807) is 7.11 Å². The highest BCUT2D eigenvalue weighted by molar-refractivity contribution is 7.80. The molecular formula is C24H32N2OS. The first-order valence-corrected chi connectivity index (χ1v) is 10.9. The first kappa shape index (κ1) is 20.7. The number of thiocarbonyl (C=S) groups is 1. The molecule has 1 aliphatic rings. The molecule has 3 rings (SSSR count). The maximum absolute atomic E-state index is 5.88. The number of nitrogens with one attached hydrogen (secondary N) is 1. The fourth-order valence-corrected chi connectivity index (χ4v) is 4.16. The van der Waals surface area contributed by atoms with Gasteiger partial charge in [-0.15, -0.1) is 0 Å². The molecule has 0 radical (unpaired) electrons. The molecule has 0 aliphatic heterocycles. The third-order valence-electron chi connectivity index (χ3n) is 5.44. The number of nitrogens with zero attached hydrogens (tertiary/aromatic N) is 1. The highest BCUT2D eigenvalue weighted by Gasteiger charge is 2.17. The third kappa shape index (κ3) is 6.52. The summed E-state index contributed by atoms with van der Waals surface area (Å²) in [6.45, 7) is 1.57. The highest BCUT2D eigenvalue weighted by atomic mass is 32.1. The fraction of sp³-hybridized carbons (Fsp3) is 0.458. The van der Waals surface area contributed by atoms with Crippen molar-refractivity contribution in [2.24, 2.45) is 0 Å². The van der Waals surface area contributed by atoms with Gasteiger partial charge in [0.15, 0.2) is 5.11 Å². The second-order valence-corrected chi connectivity index (χ2v) is 8.07. The van der Waals surface area contributed by atoms with Gasteiger partial charge in [-0.2, -0.15) is 0 Å². The van der Waals surface area contributed by atoms with Crippen LogP contribution in [0.1, 0.15) is 56.1 Å². The third-order valence-corrected chi connectivity index (χ3v) is 5.82. The van der Waals surface area contributed by atoms with E-state index in [0.29, 0.717) is 6.04 Å². The Morgan fingerprint density at radius 3 is 2.29 bits per heavy atom. The van der Waals surface area contributed by atoms with E-state index in [1.165, 1.54) is 56.1 Å². The minimum atomic E-state index is 0.497. The Hall–Kier alpha value is -2.07. The van der Waals surface area contributed by atoms with Crippen LogP contribution in [0.3, 0.4) is 0 Å². The summed E-state index contributed by atoms with van der Waals surface area (Å²) in [6.07, 6.45) is 9.12. The fourth-order valence-electron chi connectivity index (χ4n) is 3.86. The smallest absolute Gasteiger partial charge is 0.169 e. The number of benzene rings is 2. The number of rotatable bonds is 6. The highest BCUT2D eigenvalue weighted by Crippen LogP contribution is 2.19. The van der Waals surface area contributed by atoms with Crippen LogP contribution in [0, 0.1) is 0 Å². The molecule has 1 aliphatic carbocycles. The van der Waals surface area contributed by atoms with Gasteiger partial charge in [0.2, 0.25) is 0 Å². The maximum Gasteiger partial charge on any atom is 0.169 e. The molecule has 0 aromatic heterocycles. The number of methoxy groups -OCH3 is 1. The van der Waals surface area contributed by atoms with E-state index in [-0.39, 0.29) is 0 Å². The molecule has 0 heterocycles. The number of ether oxygens (including phenoxy) is 1. The summed E-state index contributed by atoms with van der Waals surface area (Å²) in [6, 6.07) is 19.3. The van der Waals surface area contributed by atoms with Gasteiger partial charge in [0, 0.05) is 19.1 Å². The minimum Gasteiger partial charge on any atom is -0.497 e. The molecule has 1 fully saturated rings. The Labute approximate surface area is 175 Å². The van der Waals surface area contributed by atoms with Gasteiger partial charge in [0.1, 0.15) is 5.75 Å². The average molecular weight is 397 g/mol. The minimum absolute atomic E-state index is 0.497. The summed E-state index contributed by atoms with van der Waals surface area (Å²) >= 11 is 5.88. The van der Waals surface area contributed by atoms with Gasteiger partial charge in [-0.05, 0) is 48.3 Å². The number of hydrogen-bond acceptors (Lipinski definition) is 2. The van der Waals surface area contributed by atoms with E-state index < -0.39 is 0 Å². The largest absolute Gasteiger partial charge is 0.497 e. The van der Waals surface area contributed by atoms with E-state index in [2.05, 4.69) is 52.7 Å². The molecule has 0 unspecified atom stereocenters. The van der Waals surface area contributed by atoms with Crippen LogP contribution < -0.4 is 10.1 Å². The van der Waals surface area contributed by atoms with Crippen LogP contribution >= 0.6 is 12.2 Å². The predicted molar refractivity (Wildman–Crippen MR) is 121 cm³/mol. The lowest BCUT2D eigenvalue weighted by molar-refractivity contribution is 0.369. The summed E-state index contributed by atoms with van der Waals surface area (Å²) in [5.74, 6) is 0.885. The predicted octanol–water partition coefficient (Wildman–Crippen LogP) is 5.68. The molecule has 2 aromatic carbocycles. The SMILES string of the molecule is COc1cccc(CN(Cc2ccccc2)C(=S)NC2CCCCCCC2)c1. The van der Waals surface area contributed by atoms with Crippen LogP contribution in [0.15, 0.2) is 54.6 Å². The molecule has 28 heavy (non-hydrogen) atoms. The van der Waals surface area contributed by atoms with E-state index in [1.807, 2.05) is 12.1 Å². The zero-order valence-electron chi connectivity index (χ0n) is 16.9. The van der Waals surface area contributed by atoms with E-state index in [0.717, 1.165) is 24.0 Å². The van der Waals surface area contributed by atoms with Gasteiger partial charge in [-0.25, -0.2) is 0 Å². The molecule has 2 aromatic rings. The lowest BCUT2D eigenvalue weighted by Crippen LogP contribution is -2.44. The van der Waals surface area contributed by atoms with Crippen molar-refractivity contribution in [1.82, 2.24) is 10.2 Å². The Bertz CT molecular complexity index is 726. The lowest BCUT2D eigenvalue weighted by atomic mass is 9.97. The van der Waals surface area contributed by atoms with E-state index in [9.17, 15) is 0 Å². The maximum atomic E-state index is 5.88. The summed E-state index contributed by atoms with van der Waals surface area (Å²) < 4.78 is 5.40. The first-order chi connectivity index (χ1) is 13.7. The second-order valence-electron chi connectivity index (χ2n) is 7.68. The molecule has 1 saturated carbocycles. The van der Waals surface area contributed by atoms with Crippen LogP contribution in [0.4, 0.5) is 0 Å². The molecule has 0 atom stereocenters. The van der Waals surface area contributed by atoms with Crippen LogP contribution in [-0.4, -0.2) is 23.2 Å². The molecule has 0 spiro atoms. The topological polar surface area (TPSA) is 24.5 Å². The average Bonchev–Trinajstić information content (AvgIpc) is 2.70. The Kier molecular flexibility index (Phi) is 8.16. The summed E-state index contributed by atoms with van der Waals surface area (Å²) in [5, 5.41) is 4.54. The van der Waals surface area contributed by atoms with Crippen molar-refractivity contribution in [1.29, 1.82) is 0 Å². The molecule has 3 nitrogen and oxygen atoms in total. The molecule has 4 heteroatoms. The van der Waals surface area contributed by atoms with Crippen molar-refractivity contribution in [3.8, 4) is 5.75 Å². The van der Waals surface area contributed by atoms with Crippen molar-refractivity contribution >= 4 is 17.3 Å². The summed E-state index contributed by atoms with van der Waals surface area (Å²) in [4.78, 5) is 2.28. The zero-order chi connectivity index (χ0) is 19.6. The van der Waals surface area contributed by atoms with Gasteiger partial charge in [-0.1, -0.05) is 74.6 Å². The van der Waals surface area contributed by atoms with Crippen molar-refractivity contribution in [2.45, 2.75) is 64.1 Å². The zero-order valence-corrected chi connectivity index (χ0v) is 17.7. The van der Waals surface area contributed by atoms with Crippen molar-refractivity contribution < 1.29 is 4.74 Å². The van der Waals surface area contributed by atoms with Gasteiger partial charge < -0.3 is 15.0 Å². The molecule has 0 amide bonds. The van der Waals surface area contributed by atoms with Crippen molar-refractivity contribution in [3.05, 3.63) is 65.7 Å². The lowest BCUT2D eigenvalue weighted by Gasteiger charge is -2.30. The molecule has 0 bridgehead atoms. The van der Waals surface area contributed by atoms with Crippen LogP contribution in [0.25, 0.3) is 0 Å². The quantitative estimate of drug-likeness (QED) is 0.635. The van der Waals surface area contributed by atoms with Crippen molar-refractivity contribution in [2.75, 3.05) is 7.11 Å². The Balaban J connectivity index is 1.71. The van der Waals surface area contributed by atoms with Gasteiger partial charge in [0.25, 0.3) is 0 Å². The summed E-state index contributed by atoms with van der Waals surface area (Å²) in [5.41, 5.74) is 2.48. The van der Waals surface area contributed by atoms with Gasteiger partial charge >= 0.3 is 0 Å². The van der Waals surface area contributed by atoms with Crippen molar-refractivity contribution in [3.63, 3.8) is 0 Å². The Morgan fingerprint density at radius 2 is 1.57 bits per heavy atom. The van der Waals surface area contributed by atoms with Crippen LogP contribution in [0.2, 0.25) is 0 Å². The van der Waals surface area contributed by atoms with Crippen LogP contribution in [0.5, 0.6) is 5.75 Å². The van der Waals surface area contributed by atoms with Gasteiger partial charge in [-0.3, -0.25) is 0 Å². The molecular weight excluding hydrogens is 364 g/mol. The second kappa shape index (κ2) is 11.1. The molecule has 1 N–H and O–H groups in total. The monoisotopic (exact) mass is 396 g/mol. The van der Waals surface area contributed by atoms with Crippen LogP contribution in [-0.2, 0) is 13.1 Å².